The SMILES string of the molecule is CC(C)(C)c1ccc(Nc2cc3c(cc2-c2ccc4c5cc6c(cc5n5c4c2[B]c2cc4c(-c7ccccc7)oc(-c7ccccc7)c4cc2-5)C(C)(C)c2ccccc2-6)-c2ccccc2C3(C)C)cc1. The molecule has 11 aromatic rings. The second kappa shape index (κ2) is 14.4. The molecular weight excluding hydrogens is 848 g/mol. The minimum absolute atomic E-state index is 0.0576. The molecule has 0 bridgehead atoms. The maximum Gasteiger partial charge on any atom is 0.197 e. The molecule has 14 rings (SSSR count). The lowest BCUT2D eigenvalue weighted by Gasteiger charge is -2.26. The lowest BCUT2D eigenvalue weighted by molar-refractivity contribution is 0.590. The molecule has 1 N–H and O–H groups in total. The lowest BCUT2D eigenvalue weighted by Crippen LogP contribution is -2.37. The number of furan rings is 1. The third-order valence-corrected chi connectivity index (χ3v) is 16.2. The smallest absolute Gasteiger partial charge is 0.197 e. The van der Waals surface area contributed by atoms with E-state index in [1.807, 2.05) is 0 Å². The number of fused-ring (bicyclic) bond motifs is 12. The second-order valence-corrected chi connectivity index (χ2v) is 22.0. The quantitative estimate of drug-likeness (QED) is 0.174. The molecule has 3 nitrogen and oxygen atoms in total. The number of aromatic nitrogens is 1. The van der Waals surface area contributed by atoms with Crippen LogP contribution >= 0.6 is 0 Å². The van der Waals surface area contributed by atoms with Crippen LogP contribution < -0.4 is 16.2 Å². The predicted octanol–water partition coefficient (Wildman–Crippen LogP) is 16.2. The summed E-state index contributed by atoms with van der Waals surface area (Å²) in [5, 5.41) is 8.72. The molecule has 1 aliphatic heterocycles. The van der Waals surface area contributed by atoms with E-state index in [1.165, 1.54) is 88.5 Å². The number of rotatable bonds is 5. The third-order valence-electron chi connectivity index (χ3n) is 16.2. The highest BCUT2D eigenvalue weighted by Gasteiger charge is 2.39. The van der Waals surface area contributed by atoms with Crippen LogP contribution in [0.4, 0.5) is 11.4 Å². The van der Waals surface area contributed by atoms with E-state index < -0.39 is 0 Å². The molecule has 70 heavy (non-hydrogen) atoms. The van der Waals surface area contributed by atoms with Crippen LogP contribution in [0.15, 0.2) is 186 Å². The van der Waals surface area contributed by atoms with E-state index in [9.17, 15) is 0 Å². The van der Waals surface area contributed by atoms with Gasteiger partial charge in [-0.2, -0.15) is 0 Å². The molecule has 0 saturated heterocycles. The number of nitrogens with one attached hydrogen (secondary N) is 1. The van der Waals surface area contributed by atoms with Crippen molar-refractivity contribution in [3.05, 3.63) is 210 Å². The molecule has 3 aliphatic rings. The van der Waals surface area contributed by atoms with Crippen LogP contribution in [0.25, 0.3) is 94.3 Å². The average Bonchev–Trinajstić information content (AvgIpc) is 4.04. The van der Waals surface area contributed by atoms with Crippen LogP contribution in [0.1, 0.15) is 76.3 Å². The van der Waals surface area contributed by atoms with Gasteiger partial charge in [-0.25, -0.2) is 0 Å². The van der Waals surface area contributed by atoms with Crippen molar-refractivity contribution >= 4 is 62.2 Å². The molecule has 0 atom stereocenters. The van der Waals surface area contributed by atoms with Gasteiger partial charge in [0.15, 0.2) is 7.28 Å². The van der Waals surface area contributed by atoms with E-state index >= 15 is 0 Å². The van der Waals surface area contributed by atoms with Gasteiger partial charge in [0.25, 0.3) is 0 Å². The number of hydrogen-bond donors (Lipinski definition) is 1. The van der Waals surface area contributed by atoms with Gasteiger partial charge < -0.3 is 14.3 Å². The third kappa shape index (κ3) is 5.77. The maximum atomic E-state index is 7.05. The Bertz CT molecular complexity index is 4010. The van der Waals surface area contributed by atoms with Crippen LogP contribution in [0.5, 0.6) is 0 Å². The Morgan fingerprint density at radius 3 is 1.67 bits per heavy atom. The predicted molar refractivity (Wildman–Crippen MR) is 295 cm³/mol. The van der Waals surface area contributed by atoms with Crippen LogP contribution in [-0.4, -0.2) is 11.8 Å². The zero-order valence-corrected chi connectivity index (χ0v) is 40.8. The molecule has 0 saturated carbocycles. The van der Waals surface area contributed by atoms with Gasteiger partial charge in [0.2, 0.25) is 0 Å². The van der Waals surface area contributed by atoms with E-state index in [0.29, 0.717) is 0 Å². The molecule has 1 radical (unpaired) electrons. The first-order valence-corrected chi connectivity index (χ1v) is 24.8. The van der Waals surface area contributed by atoms with Gasteiger partial charge in [-0.05, 0) is 109 Å². The molecule has 3 heterocycles. The fourth-order valence-electron chi connectivity index (χ4n) is 12.5. The largest absolute Gasteiger partial charge is 0.455 e. The van der Waals surface area contributed by atoms with Gasteiger partial charge >= 0.3 is 0 Å². The summed E-state index contributed by atoms with van der Waals surface area (Å²) in [5.41, 5.74) is 24.4. The summed E-state index contributed by atoms with van der Waals surface area (Å²) in [6.07, 6.45) is 0. The van der Waals surface area contributed by atoms with E-state index in [1.54, 1.807) is 0 Å². The molecule has 0 unspecified atom stereocenters. The van der Waals surface area contributed by atoms with E-state index in [0.717, 1.165) is 55.9 Å². The standard InChI is InChI=1S/C66H52BN2O/c1-64(2,3)40-26-28-41(29-27-40)68-57-36-54-46(42-22-14-16-24-52(42)65(54,4)5)32-48(57)44-30-31-45-49-33-47-43-23-15-17-25-53(43)66(6,7)55(47)37-58(49)69-59-35-51-50(34-56(59)67-60(44)61(45)69)62(38-18-10-8-11-19-38)70-63(51)39-20-12-9-13-21-39/h8-37,68H,1-7H3. The van der Waals surface area contributed by atoms with Crippen LogP contribution in [0.2, 0.25) is 0 Å². The first-order chi connectivity index (χ1) is 33.8. The van der Waals surface area contributed by atoms with Crippen molar-refractivity contribution in [3.8, 4) is 61.7 Å². The topological polar surface area (TPSA) is 30.1 Å². The number of benzene rings is 9. The zero-order valence-electron chi connectivity index (χ0n) is 40.8. The van der Waals surface area contributed by atoms with Crippen molar-refractivity contribution in [1.29, 1.82) is 0 Å². The molecule has 335 valence electrons. The molecule has 2 aliphatic carbocycles. The number of hydrogen-bond acceptors (Lipinski definition) is 2. The Morgan fingerprint density at radius 2 is 1.04 bits per heavy atom. The first-order valence-electron chi connectivity index (χ1n) is 24.8. The highest BCUT2D eigenvalue weighted by atomic mass is 16.3. The summed E-state index contributed by atoms with van der Waals surface area (Å²) in [6.45, 7) is 16.4. The highest BCUT2D eigenvalue weighted by Crippen LogP contribution is 2.54. The molecule has 0 amide bonds. The summed E-state index contributed by atoms with van der Waals surface area (Å²) in [6, 6.07) is 67.7. The van der Waals surface area contributed by atoms with Gasteiger partial charge in [-0.3, -0.25) is 0 Å². The first kappa shape index (κ1) is 41.2. The minimum Gasteiger partial charge on any atom is -0.455 e. The Labute approximate surface area is 410 Å². The summed E-state index contributed by atoms with van der Waals surface area (Å²) in [7, 11) is 2.47. The molecule has 4 heteroatoms. The molecule has 9 aromatic carbocycles. The molecular formula is C66H52BN2O. The van der Waals surface area contributed by atoms with Crippen molar-refractivity contribution in [2.24, 2.45) is 0 Å². The zero-order chi connectivity index (χ0) is 47.4. The summed E-state index contributed by atoms with van der Waals surface area (Å²) in [5.74, 6) is 1.77. The van der Waals surface area contributed by atoms with Crippen molar-refractivity contribution in [2.45, 2.75) is 64.7 Å². The van der Waals surface area contributed by atoms with Gasteiger partial charge in [0, 0.05) is 71.6 Å². The maximum absolute atomic E-state index is 7.05. The van der Waals surface area contributed by atoms with Crippen LogP contribution in [0.3, 0.4) is 0 Å². The Kier molecular flexibility index (Phi) is 8.45. The van der Waals surface area contributed by atoms with Gasteiger partial charge in [-0.1, -0.05) is 193 Å². The van der Waals surface area contributed by atoms with Crippen molar-refractivity contribution < 1.29 is 4.42 Å². The van der Waals surface area contributed by atoms with Crippen molar-refractivity contribution in [2.75, 3.05) is 5.32 Å². The Hall–Kier alpha value is -7.82. The Balaban J connectivity index is 1.07. The van der Waals surface area contributed by atoms with Crippen molar-refractivity contribution in [3.63, 3.8) is 0 Å². The summed E-state index contributed by atoms with van der Waals surface area (Å²) in [4.78, 5) is 0. The highest BCUT2D eigenvalue weighted by molar-refractivity contribution is 6.73. The lowest BCUT2D eigenvalue weighted by atomic mass is 9.58. The molecule has 0 fully saturated rings. The van der Waals surface area contributed by atoms with E-state index in [4.69, 9.17) is 4.42 Å². The number of anilines is 2. The fourth-order valence-corrected chi connectivity index (χ4v) is 12.5. The van der Waals surface area contributed by atoms with Gasteiger partial charge in [0.1, 0.15) is 11.5 Å². The molecule has 2 aromatic heterocycles. The van der Waals surface area contributed by atoms with Crippen molar-refractivity contribution in [1.82, 2.24) is 4.57 Å². The fraction of sp³-hybridized carbons (Fsp3) is 0.152. The van der Waals surface area contributed by atoms with E-state index in [-0.39, 0.29) is 16.2 Å². The normalized spacial score (nSPS) is 14.6. The minimum atomic E-state index is -0.162. The van der Waals surface area contributed by atoms with Gasteiger partial charge in [-0.15, -0.1) is 0 Å². The molecule has 0 spiro atoms. The summed E-state index contributed by atoms with van der Waals surface area (Å²) < 4.78 is 9.64. The Morgan fingerprint density at radius 1 is 0.471 bits per heavy atom. The van der Waals surface area contributed by atoms with Gasteiger partial charge in [0.05, 0.1) is 5.52 Å². The number of nitrogens with zero attached hydrogens (tertiary/aromatic N) is 1. The van der Waals surface area contributed by atoms with Crippen LogP contribution in [0, 0.1) is 0 Å². The second-order valence-electron chi connectivity index (χ2n) is 22.0. The monoisotopic (exact) mass is 899 g/mol. The van der Waals surface area contributed by atoms with Crippen LogP contribution in [-0.2, 0) is 16.2 Å². The average molecular weight is 900 g/mol. The summed E-state index contributed by atoms with van der Waals surface area (Å²) >= 11 is 0. The van der Waals surface area contributed by atoms with E-state index in [2.05, 4.69) is 248 Å².